The van der Waals surface area contributed by atoms with Crippen LogP contribution in [0.4, 0.5) is 5.82 Å². The fraction of sp³-hybridized carbons (Fsp3) is 0.455. The number of anilines is 1. The van der Waals surface area contributed by atoms with Crippen molar-refractivity contribution in [2.24, 2.45) is 13.0 Å². The molecule has 15 heavy (non-hydrogen) atoms. The Labute approximate surface area is 89.3 Å². The first-order chi connectivity index (χ1) is 7.18. The Morgan fingerprint density at radius 2 is 2.20 bits per heavy atom. The molecule has 0 spiro atoms. The number of rotatable bonds is 3. The number of imidazole rings is 1. The van der Waals surface area contributed by atoms with Gasteiger partial charge in [0.25, 0.3) is 0 Å². The van der Waals surface area contributed by atoms with Gasteiger partial charge in [-0.2, -0.15) is 0 Å². The van der Waals surface area contributed by atoms with E-state index in [1.165, 1.54) is 0 Å². The molecular weight excluding hydrogens is 188 g/mol. The van der Waals surface area contributed by atoms with Crippen molar-refractivity contribution in [2.75, 3.05) is 11.9 Å². The molecule has 2 aromatic heterocycles. The molecule has 0 fully saturated rings. The molecular formula is C11H16N4. The summed E-state index contributed by atoms with van der Waals surface area (Å²) in [7, 11) is 1.99. The van der Waals surface area contributed by atoms with E-state index >= 15 is 0 Å². The van der Waals surface area contributed by atoms with Gasteiger partial charge in [-0.05, 0) is 12.0 Å². The molecule has 0 radical (unpaired) electrons. The van der Waals surface area contributed by atoms with E-state index in [-0.39, 0.29) is 0 Å². The summed E-state index contributed by atoms with van der Waals surface area (Å²) in [5.41, 5.74) is 2.05. The largest absolute Gasteiger partial charge is 0.368 e. The molecule has 0 atom stereocenters. The first-order valence-electron chi connectivity index (χ1n) is 5.18. The summed E-state index contributed by atoms with van der Waals surface area (Å²) in [5, 5.41) is 3.31. The topological polar surface area (TPSA) is 42.7 Å². The molecule has 0 amide bonds. The predicted octanol–water partition coefficient (Wildman–Crippen LogP) is 2.04. The van der Waals surface area contributed by atoms with E-state index in [1.807, 2.05) is 30.2 Å². The number of hydrogen-bond acceptors (Lipinski definition) is 3. The number of aromatic nitrogens is 3. The SMILES string of the molecule is CC(C)CNc1nccc2c1ncn2C. The molecule has 0 aromatic carbocycles. The molecule has 80 valence electrons. The first-order valence-corrected chi connectivity index (χ1v) is 5.18. The molecule has 0 unspecified atom stereocenters. The predicted molar refractivity (Wildman–Crippen MR) is 61.8 cm³/mol. The zero-order chi connectivity index (χ0) is 10.8. The molecule has 2 aromatic rings. The van der Waals surface area contributed by atoms with Gasteiger partial charge in [0.1, 0.15) is 5.52 Å². The third kappa shape index (κ3) is 1.93. The minimum absolute atomic E-state index is 0.603. The summed E-state index contributed by atoms with van der Waals surface area (Å²) < 4.78 is 2.00. The molecule has 2 heterocycles. The quantitative estimate of drug-likeness (QED) is 0.832. The van der Waals surface area contributed by atoms with Crippen LogP contribution in [0.15, 0.2) is 18.6 Å². The van der Waals surface area contributed by atoms with Crippen molar-refractivity contribution in [3.63, 3.8) is 0 Å². The van der Waals surface area contributed by atoms with Gasteiger partial charge in [0.2, 0.25) is 0 Å². The van der Waals surface area contributed by atoms with Gasteiger partial charge in [0, 0.05) is 19.8 Å². The van der Waals surface area contributed by atoms with Gasteiger partial charge in [-0.15, -0.1) is 0 Å². The second-order valence-corrected chi connectivity index (χ2v) is 4.16. The molecule has 0 bridgehead atoms. The summed E-state index contributed by atoms with van der Waals surface area (Å²) in [5.74, 6) is 1.48. The zero-order valence-electron chi connectivity index (χ0n) is 9.36. The number of fused-ring (bicyclic) bond motifs is 1. The first kappa shape index (κ1) is 9.96. The average molecular weight is 204 g/mol. The van der Waals surface area contributed by atoms with Crippen LogP contribution < -0.4 is 5.32 Å². The highest BCUT2D eigenvalue weighted by Gasteiger charge is 2.06. The van der Waals surface area contributed by atoms with Crippen LogP contribution in [0.3, 0.4) is 0 Å². The maximum atomic E-state index is 4.33. The summed E-state index contributed by atoms with van der Waals surface area (Å²) >= 11 is 0. The van der Waals surface area contributed by atoms with Crippen LogP contribution >= 0.6 is 0 Å². The lowest BCUT2D eigenvalue weighted by molar-refractivity contribution is 0.687. The van der Waals surface area contributed by atoms with E-state index in [2.05, 4.69) is 29.1 Å². The van der Waals surface area contributed by atoms with Crippen molar-refractivity contribution >= 4 is 16.9 Å². The van der Waals surface area contributed by atoms with Gasteiger partial charge in [0.05, 0.1) is 11.8 Å². The van der Waals surface area contributed by atoms with Gasteiger partial charge < -0.3 is 9.88 Å². The van der Waals surface area contributed by atoms with E-state index in [9.17, 15) is 0 Å². The Bertz CT molecular complexity index is 459. The number of nitrogens with one attached hydrogen (secondary N) is 1. The highest BCUT2D eigenvalue weighted by Crippen LogP contribution is 2.18. The summed E-state index contributed by atoms with van der Waals surface area (Å²) in [6.45, 7) is 5.26. The molecule has 2 rings (SSSR count). The summed E-state index contributed by atoms with van der Waals surface area (Å²) in [6.07, 6.45) is 3.62. The lowest BCUT2D eigenvalue weighted by atomic mass is 10.2. The molecule has 4 nitrogen and oxygen atoms in total. The highest BCUT2D eigenvalue weighted by atomic mass is 15.1. The fourth-order valence-electron chi connectivity index (χ4n) is 1.49. The average Bonchev–Trinajstić information content (AvgIpc) is 2.58. The number of nitrogens with zero attached hydrogens (tertiary/aromatic N) is 3. The summed E-state index contributed by atoms with van der Waals surface area (Å²) in [6, 6.07) is 1.98. The fourth-order valence-corrected chi connectivity index (χ4v) is 1.49. The number of pyridine rings is 1. The third-order valence-electron chi connectivity index (χ3n) is 2.32. The second kappa shape index (κ2) is 3.88. The molecule has 0 saturated heterocycles. The Morgan fingerprint density at radius 1 is 1.40 bits per heavy atom. The molecule has 0 saturated carbocycles. The molecule has 0 aliphatic rings. The standard InChI is InChI=1S/C11H16N4/c1-8(2)6-13-11-10-9(4-5-12-11)15(3)7-14-10/h4-5,7-8H,6H2,1-3H3,(H,12,13). The normalized spacial score (nSPS) is 11.2. The Morgan fingerprint density at radius 3 is 2.93 bits per heavy atom. The number of hydrogen-bond donors (Lipinski definition) is 1. The second-order valence-electron chi connectivity index (χ2n) is 4.16. The number of aryl methyl sites for hydroxylation is 1. The molecule has 0 aliphatic heterocycles. The van der Waals surface area contributed by atoms with Crippen molar-refractivity contribution in [2.45, 2.75) is 13.8 Å². The zero-order valence-corrected chi connectivity index (χ0v) is 9.36. The van der Waals surface area contributed by atoms with Gasteiger partial charge in [-0.1, -0.05) is 13.8 Å². The van der Waals surface area contributed by atoms with E-state index in [0.717, 1.165) is 23.4 Å². The van der Waals surface area contributed by atoms with Crippen LogP contribution in [0.1, 0.15) is 13.8 Å². The van der Waals surface area contributed by atoms with Crippen LogP contribution in [0.25, 0.3) is 11.0 Å². The lowest BCUT2D eigenvalue weighted by Gasteiger charge is -2.08. The van der Waals surface area contributed by atoms with Crippen LogP contribution in [-0.2, 0) is 7.05 Å². The smallest absolute Gasteiger partial charge is 0.154 e. The molecule has 0 aliphatic carbocycles. The monoisotopic (exact) mass is 204 g/mol. The van der Waals surface area contributed by atoms with E-state index in [1.54, 1.807) is 0 Å². The Kier molecular flexibility index (Phi) is 2.58. The maximum absolute atomic E-state index is 4.33. The Hall–Kier alpha value is -1.58. The van der Waals surface area contributed by atoms with Gasteiger partial charge in [0.15, 0.2) is 5.82 Å². The van der Waals surface area contributed by atoms with Crippen molar-refractivity contribution in [1.29, 1.82) is 0 Å². The minimum atomic E-state index is 0.603. The minimum Gasteiger partial charge on any atom is -0.368 e. The van der Waals surface area contributed by atoms with Crippen LogP contribution in [0.5, 0.6) is 0 Å². The van der Waals surface area contributed by atoms with Gasteiger partial charge in [-0.3, -0.25) is 0 Å². The van der Waals surface area contributed by atoms with Crippen molar-refractivity contribution in [3.8, 4) is 0 Å². The van der Waals surface area contributed by atoms with Gasteiger partial charge >= 0.3 is 0 Å². The summed E-state index contributed by atoms with van der Waals surface area (Å²) in [4.78, 5) is 8.64. The van der Waals surface area contributed by atoms with E-state index in [0.29, 0.717) is 5.92 Å². The molecule has 1 N–H and O–H groups in total. The Balaban J connectivity index is 2.34. The third-order valence-corrected chi connectivity index (χ3v) is 2.32. The van der Waals surface area contributed by atoms with Crippen molar-refractivity contribution in [3.05, 3.63) is 18.6 Å². The van der Waals surface area contributed by atoms with Crippen molar-refractivity contribution in [1.82, 2.24) is 14.5 Å². The van der Waals surface area contributed by atoms with Crippen molar-refractivity contribution < 1.29 is 0 Å². The lowest BCUT2D eigenvalue weighted by Crippen LogP contribution is -2.09. The maximum Gasteiger partial charge on any atom is 0.154 e. The van der Waals surface area contributed by atoms with Crippen LogP contribution in [0, 0.1) is 5.92 Å². The highest BCUT2D eigenvalue weighted by molar-refractivity contribution is 5.85. The van der Waals surface area contributed by atoms with E-state index in [4.69, 9.17) is 0 Å². The van der Waals surface area contributed by atoms with Gasteiger partial charge in [-0.25, -0.2) is 9.97 Å². The molecule has 4 heteroatoms. The van der Waals surface area contributed by atoms with Crippen LogP contribution in [-0.4, -0.2) is 21.1 Å². The van der Waals surface area contributed by atoms with E-state index < -0.39 is 0 Å². The van der Waals surface area contributed by atoms with Crippen LogP contribution in [0.2, 0.25) is 0 Å².